The molecule has 0 saturated heterocycles. The average molecular weight is 412 g/mol. The summed E-state index contributed by atoms with van der Waals surface area (Å²) < 4.78 is 18.3. The molecule has 0 fully saturated rings. The van der Waals surface area contributed by atoms with E-state index in [4.69, 9.17) is 4.74 Å². The zero-order valence-corrected chi connectivity index (χ0v) is 16.9. The van der Waals surface area contributed by atoms with Crippen LogP contribution in [0, 0.1) is 5.82 Å². The molecule has 3 rings (SSSR count). The molecule has 6 nitrogen and oxygen atoms in total. The topological polar surface area (TPSA) is 84.5 Å². The van der Waals surface area contributed by atoms with Crippen LogP contribution in [0.2, 0.25) is 0 Å². The number of fused-ring (bicyclic) bond motifs is 1. The predicted octanol–water partition coefficient (Wildman–Crippen LogP) is 3.28. The van der Waals surface area contributed by atoms with Gasteiger partial charge in [0.25, 0.3) is 5.91 Å². The number of ketones is 1. The summed E-state index contributed by atoms with van der Waals surface area (Å²) in [6, 6.07) is 11.0. The van der Waals surface area contributed by atoms with Gasteiger partial charge in [-0.15, -0.1) is 0 Å². The summed E-state index contributed by atoms with van der Waals surface area (Å²) in [5, 5.41) is 0. The Bertz CT molecular complexity index is 927. The predicted molar refractivity (Wildman–Crippen MR) is 109 cm³/mol. The highest BCUT2D eigenvalue weighted by Crippen LogP contribution is 2.23. The van der Waals surface area contributed by atoms with E-state index in [9.17, 15) is 18.8 Å². The summed E-state index contributed by atoms with van der Waals surface area (Å²) in [4.78, 5) is 36.4. The van der Waals surface area contributed by atoms with Crippen LogP contribution in [0.4, 0.5) is 4.39 Å². The fourth-order valence-electron chi connectivity index (χ4n) is 3.34. The molecule has 0 aliphatic heterocycles. The van der Waals surface area contributed by atoms with Crippen molar-refractivity contribution >= 4 is 17.6 Å². The summed E-state index contributed by atoms with van der Waals surface area (Å²) in [5.41, 5.74) is 7.70. The first kappa shape index (κ1) is 21.5. The Balaban J connectivity index is 1.41. The summed E-state index contributed by atoms with van der Waals surface area (Å²) in [5.74, 6) is -1.20. The normalized spacial score (nSPS) is 13.7. The van der Waals surface area contributed by atoms with Gasteiger partial charge in [0.2, 0.25) is 5.91 Å². The largest absolute Gasteiger partial charge is 0.481 e. The van der Waals surface area contributed by atoms with Gasteiger partial charge in [0.05, 0.1) is 0 Å². The van der Waals surface area contributed by atoms with Crippen LogP contribution in [0.15, 0.2) is 42.5 Å². The Morgan fingerprint density at radius 2 is 1.67 bits per heavy atom. The van der Waals surface area contributed by atoms with Crippen LogP contribution in [0.25, 0.3) is 0 Å². The van der Waals surface area contributed by atoms with Gasteiger partial charge in [0.1, 0.15) is 11.6 Å². The second kappa shape index (κ2) is 10.0. The standard InChI is InChI=1S/C23H25FN2O4/c1-15(30-20-10-8-19(24)9-11-20)23(29)26-25-22(28)13-12-21(27)18-7-6-16-4-2-3-5-17(16)14-18/h6-11,14-15H,2-5,12-13H2,1H3,(H,25,28)(H,26,29)/t15-/m0/s1. The Hall–Kier alpha value is -3.22. The highest BCUT2D eigenvalue weighted by Gasteiger charge is 2.17. The van der Waals surface area contributed by atoms with Gasteiger partial charge in [0, 0.05) is 18.4 Å². The van der Waals surface area contributed by atoms with Crippen molar-refractivity contribution in [2.45, 2.75) is 51.6 Å². The van der Waals surface area contributed by atoms with Crippen molar-refractivity contribution in [3.8, 4) is 5.75 Å². The van der Waals surface area contributed by atoms with Gasteiger partial charge in [-0.2, -0.15) is 0 Å². The maximum absolute atomic E-state index is 12.9. The molecule has 0 bridgehead atoms. The first-order valence-corrected chi connectivity index (χ1v) is 10.1. The maximum atomic E-state index is 12.9. The molecule has 30 heavy (non-hydrogen) atoms. The van der Waals surface area contributed by atoms with E-state index in [0.717, 1.165) is 19.3 Å². The third kappa shape index (κ3) is 5.89. The van der Waals surface area contributed by atoms with E-state index in [-0.39, 0.29) is 18.6 Å². The summed E-state index contributed by atoms with van der Waals surface area (Å²) >= 11 is 0. The number of amides is 2. The van der Waals surface area contributed by atoms with Crippen molar-refractivity contribution in [1.29, 1.82) is 0 Å². The number of hydrazine groups is 1. The number of rotatable bonds is 7. The van der Waals surface area contributed by atoms with Gasteiger partial charge >= 0.3 is 0 Å². The van der Waals surface area contributed by atoms with Crippen molar-refractivity contribution in [3.05, 3.63) is 65.0 Å². The molecule has 158 valence electrons. The van der Waals surface area contributed by atoms with Crippen LogP contribution in [-0.4, -0.2) is 23.7 Å². The lowest BCUT2D eigenvalue weighted by atomic mass is 9.89. The number of ether oxygens (including phenoxy) is 1. The van der Waals surface area contributed by atoms with Gasteiger partial charge < -0.3 is 4.74 Å². The molecule has 2 amide bonds. The summed E-state index contributed by atoms with van der Waals surface area (Å²) in [7, 11) is 0. The van der Waals surface area contributed by atoms with E-state index in [2.05, 4.69) is 10.9 Å². The fourth-order valence-corrected chi connectivity index (χ4v) is 3.34. The Kier molecular flexibility index (Phi) is 7.17. The van der Waals surface area contributed by atoms with Crippen molar-refractivity contribution < 1.29 is 23.5 Å². The van der Waals surface area contributed by atoms with Gasteiger partial charge in [-0.05, 0) is 74.1 Å². The number of hydrogen-bond donors (Lipinski definition) is 2. The lowest BCUT2D eigenvalue weighted by Gasteiger charge is -2.16. The van der Waals surface area contributed by atoms with Crippen LogP contribution in [0.1, 0.15) is 54.1 Å². The number of benzene rings is 2. The van der Waals surface area contributed by atoms with Crippen molar-refractivity contribution in [2.24, 2.45) is 0 Å². The highest BCUT2D eigenvalue weighted by atomic mass is 19.1. The quantitative estimate of drug-likeness (QED) is 0.540. The number of carbonyl (C=O) groups excluding carboxylic acids is 3. The maximum Gasteiger partial charge on any atom is 0.279 e. The monoisotopic (exact) mass is 412 g/mol. The molecule has 1 aliphatic rings. The highest BCUT2D eigenvalue weighted by molar-refractivity contribution is 5.98. The van der Waals surface area contributed by atoms with Crippen molar-refractivity contribution in [1.82, 2.24) is 10.9 Å². The third-order valence-corrected chi connectivity index (χ3v) is 5.07. The van der Waals surface area contributed by atoms with Crippen molar-refractivity contribution in [3.63, 3.8) is 0 Å². The van der Waals surface area contributed by atoms with E-state index in [0.29, 0.717) is 11.3 Å². The Morgan fingerprint density at radius 1 is 0.967 bits per heavy atom. The molecule has 0 aromatic heterocycles. The second-order valence-corrected chi connectivity index (χ2v) is 7.37. The molecule has 0 spiro atoms. The van der Waals surface area contributed by atoms with E-state index in [1.807, 2.05) is 18.2 Å². The minimum atomic E-state index is -0.895. The number of aryl methyl sites for hydroxylation is 2. The molecule has 1 atom stereocenters. The molecule has 2 aromatic carbocycles. The Labute approximate surface area is 174 Å². The molecular weight excluding hydrogens is 387 g/mol. The van der Waals surface area contributed by atoms with Crippen LogP contribution in [0.5, 0.6) is 5.75 Å². The van der Waals surface area contributed by atoms with Gasteiger partial charge in [-0.3, -0.25) is 25.2 Å². The fraction of sp³-hybridized carbons (Fsp3) is 0.348. The van der Waals surface area contributed by atoms with E-state index >= 15 is 0 Å². The summed E-state index contributed by atoms with van der Waals surface area (Å²) in [6.45, 7) is 1.50. The van der Waals surface area contributed by atoms with Crippen LogP contribution >= 0.6 is 0 Å². The minimum absolute atomic E-state index is 0.0383. The smallest absolute Gasteiger partial charge is 0.279 e. The molecule has 1 aliphatic carbocycles. The van der Waals surface area contributed by atoms with Gasteiger partial charge in [-0.1, -0.05) is 12.1 Å². The third-order valence-electron chi connectivity index (χ3n) is 5.07. The van der Waals surface area contributed by atoms with Crippen LogP contribution in [-0.2, 0) is 22.4 Å². The lowest BCUT2D eigenvalue weighted by molar-refractivity contribution is -0.132. The molecule has 0 radical (unpaired) electrons. The first-order valence-electron chi connectivity index (χ1n) is 10.1. The number of carbonyl (C=O) groups is 3. The lowest BCUT2D eigenvalue weighted by Crippen LogP contribution is -2.47. The van der Waals surface area contributed by atoms with Crippen molar-refractivity contribution in [2.75, 3.05) is 0 Å². The molecular formula is C23H25FN2O4. The Morgan fingerprint density at radius 3 is 2.40 bits per heavy atom. The molecule has 0 heterocycles. The molecule has 7 heteroatoms. The number of hydrogen-bond acceptors (Lipinski definition) is 4. The van der Waals surface area contributed by atoms with E-state index in [1.165, 1.54) is 48.7 Å². The number of halogens is 1. The zero-order chi connectivity index (χ0) is 21.5. The molecule has 0 unspecified atom stereocenters. The molecule has 0 saturated carbocycles. The number of Topliss-reactive ketones (excluding diaryl/α,β-unsaturated/α-hetero) is 1. The second-order valence-electron chi connectivity index (χ2n) is 7.37. The van der Waals surface area contributed by atoms with Crippen LogP contribution < -0.4 is 15.6 Å². The van der Waals surface area contributed by atoms with E-state index < -0.39 is 23.7 Å². The van der Waals surface area contributed by atoms with Crippen LogP contribution in [0.3, 0.4) is 0 Å². The molecule has 2 N–H and O–H groups in total. The first-order chi connectivity index (χ1) is 14.4. The van der Waals surface area contributed by atoms with Gasteiger partial charge in [-0.25, -0.2) is 4.39 Å². The molecule has 2 aromatic rings. The zero-order valence-electron chi connectivity index (χ0n) is 16.9. The number of nitrogens with one attached hydrogen (secondary N) is 2. The average Bonchev–Trinajstić information content (AvgIpc) is 2.76. The minimum Gasteiger partial charge on any atom is -0.481 e. The van der Waals surface area contributed by atoms with Gasteiger partial charge in [0.15, 0.2) is 11.9 Å². The van der Waals surface area contributed by atoms with E-state index in [1.54, 1.807) is 0 Å². The SMILES string of the molecule is C[C@H](Oc1ccc(F)cc1)C(=O)NNC(=O)CCC(=O)c1ccc2c(c1)CCCC2. The summed E-state index contributed by atoms with van der Waals surface area (Å²) in [6.07, 6.45) is 3.48.